The molecule has 116 valence electrons. The number of hydrogen-bond acceptors (Lipinski definition) is 3. The van der Waals surface area contributed by atoms with Crippen molar-refractivity contribution in [3.63, 3.8) is 0 Å². The largest absolute Gasteiger partial charge is 0.303 e. The van der Waals surface area contributed by atoms with Crippen molar-refractivity contribution in [3.8, 4) is 0 Å². The standard InChI is InChI=1S/C17H19ClN2O2/c1-3-17(13-7-9-15(18)10-8-13)19-12(2)14-5-4-6-16(11-14)20(21)22/h4-12,17,19H,3H2,1-2H3. The lowest BCUT2D eigenvalue weighted by molar-refractivity contribution is -0.384. The van der Waals surface area contributed by atoms with Gasteiger partial charge >= 0.3 is 0 Å². The van der Waals surface area contributed by atoms with Gasteiger partial charge in [0, 0.05) is 29.2 Å². The zero-order valence-electron chi connectivity index (χ0n) is 12.6. The minimum atomic E-state index is -0.368. The van der Waals surface area contributed by atoms with Gasteiger partial charge in [-0.3, -0.25) is 10.1 Å². The van der Waals surface area contributed by atoms with Crippen LogP contribution >= 0.6 is 11.6 Å². The number of rotatable bonds is 6. The zero-order chi connectivity index (χ0) is 16.1. The Morgan fingerprint density at radius 2 is 1.86 bits per heavy atom. The van der Waals surface area contributed by atoms with Gasteiger partial charge in [0.15, 0.2) is 0 Å². The summed E-state index contributed by atoms with van der Waals surface area (Å²) in [5.41, 5.74) is 2.18. The number of hydrogen-bond donors (Lipinski definition) is 1. The van der Waals surface area contributed by atoms with Gasteiger partial charge in [0.25, 0.3) is 5.69 Å². The Morgan fingerprint density at radius 1 is 1.18 bits per heavy atom. The van der Waals surface area contributed by atoms with Crippen LogP contribution < -0.4 is 5.32 Å². The Kier molecular flexibility index (Phi) is 5.52. The molecular weight excluding hydrogens is 300 g/mol. The molecule has 0 spiro atoms. The van der Waals surface area contributed by atoms with Crippen LogP contribution in [0.25, 0.3) is 0 Å². The fourth-order valence-corrected chi connectivity index (χ4v) is 2.58. The maximum Gasteiger partial charge on any atom is 0.269 e. The number of nitro benzene ring substituents is 1. The normalized spacial score (nSPS) is 13.6. The molecule has 2 aromatic rings. The van der Waals surface area contributed by atoms with Crippen LogP contribution in [0.1, 0.15) is 43.5 Å². The molecule has 2 rings (SSSR count). The van der Waals surface area contributed by atoms with Crippen LogP contribution in [0.5, 0.6) is 0 Å². The van der Waals surface area contributed by atoms with Crippen molar-refractivity contribution in [2.45, 2.75) is 32.4 Å². The molecule has 0 aromatic heterocycles. The molecular formula is C17H19ClN2O2. The van der Waals surface area contributed by atoms with E-state index in [0.717, 1.165) is 17.5 Å². The number of nitrogens with one attached hydrogen (secondary N) is 1. The van der Waals surface area contributed by atoms with Gasteiger partial charge in [-0.15, -0.1) is 0 Å². The van der Waals surface area contributed by atoms with Crippen molar-refractivity contribution in [3.05, 3.63) is 74.8 Å². The van der Waals surface area contributed by atoms with Crippen molar-refractivity contribution in [1.82, 2.24) is 5.32 Å². The number of non-ortho nitro benzene ring substituents is 1. The van der Waals surface area contributed by atoms with E-state index in [2.05, 4.69) is 12.2 Å². The minimum Gasteiger partial charge on any atom is -0.303 e. The van der Waals surface area contributed by atoms with Crippen molar-refractivity contribution < 1.29 is 4.92 Å². The minimum absolute atomic E-state index is 0.0144. The van der Waals surface area contributed by atoms with Gasteiger partial charge in [-0.2, -0.15) is 0 Å². The average molecular weight is 319 g/mol. The highest BCUT2D eigenvalue weighted by Crippen LogP contribution is 2.25. The van der Waals surface area contributed by atoms with Gasteiger partial charge in [0.2, 0.25) is 0 Å². The summed E-state index contributed by atoms with van der Waals surface area (Å²) in [4.78, 5) is 10.5. The predicted molar refractivity (Wildman–Crippen MR) is 89.1 cm³/mol. The third kappa shape index (κ3) is 4.06. The molecule has 0 heterocycles. The number of nitrogens with zero attached hydrogens (tertiary/aromatic N) is 1. The van der Waals surface area contributed by atoms with Gasteiger partial charge in [-0.1, -0.05) is 42.8 Å². The van der Waals surface area contributed by atoms with Crippen molar-refractivity contribution >= 4 is 17.3 Å². The third-order valence-corrected chi connectivity index (χ3v) is 3.96. The second-order valence-electron chi connectivity index (χ2n) is 5.25. The Labute approximate surface area is 135 Å². The van der Waals surface area contributed by atoms with Gasteiger partial charge in [-0.05, 0) is 36.6 Å². The Bertz CT molecular complexity index is 643. The number of benzene rings is 2. The smallest absolute Gasteiger partial charge is 0.269 e. The zero-order valence-corrected chi connectivity index (χ0v) is 13.4. The van der Waals surface area contributed by atoms with E-state index in [0.29, 0.717) is 5.02 Å². The second kappa shape index (κ2) is 7.38. The molecule has 0 amide bonds. The summed E-state index contributed by atoms with van der Waals surface area (Å²) in [6.45, 7) is 4.12. The van der Waals surface area contributed by atoms with Gasteiger partial charge in [-0.25, -0.2) is 0 Å². The first-order chi connectivity index (χ1) is 10.5. The monoisotopic (exact) mass is 318 g/mol. The van der Waals surface area contributed by atoms with E-state index in [1.54, 1.807) is 12.1 Å². The van der Waals surface area contributed by atoms with E-state index < -0.39 is 0 Å². The first-order valence-electron chi connectivity index (χ1n) is 7.27. The summed E-state index contributed by atoms with van der Waals surface area (Å²) in [6, 6.07) is 14.7. The fraction of sp³-hybridized carbons (Fsp3) is 0.294. The van der Waals surface area contributed by atoms with E-state index in [4.69, 9.17) is 11.6 Å². The summed E-state index contributed by atoms with van der Waals surface area (Å²) >= 11 is 5.92. The highest BCUT2D eigenvalue weighted by atomic mass is 35.5. The van der Waals surface area contributed by atoms with E-state index in [9.17, 15) is 10.1 Å². The molecule has 0 aliphatic carbocycles. The van der Waals surface area contributed by atoms with Crippen LogP contribution in [0.15, 0.2) is 48.5 Å². The topological polar surface area (TPSA) is 55.2 Å². The van der Waals surface area contributed by atoms with Crippen molar-refractivity contribution in [2.75, 3.05) is 0 Å². The predicted octanol–water partition coefficient (Wildman–Crippen LogP) is 5.05. The van der Waals surface area contributed by atoms with E-state index in [-0.39, 0.29) is 22.7 Å². The van der Waals surface area contributed by atoms with Crippen molar-refractivity contribution in [1.29, 1.82) is 0 Å². The Hall–Kier alpha value is -1.91. The van der Waals surface area contributed by atoms with E-state index in [1.165, 1.54) is 6.07 Å². The molecule has 0 aliphatic heterocycles. The molecule has 0 bridgehead atoms. The number of nitro groups is 1. The highest BCUT2D eigenvalue weighted by molar-refractivity contribution is 6.30. The highest BCUT2D eigenvalue weighted by Gasteiger charge is 2.15. The lowest BCUT2D eigenvalue weighted by atomic mass is 10.0. The molecule has 5 heteroatoms. The van der Waals surface area contributed by atoms with Crippen LogP contribution in [0.2, 0.25) is 5.02 Å². The quantitative estimate of drug-likeness (QED) is 0.599. The summed E-state index contributed by atoms with van der Waals surface area (Å²) in [7, 11) is 0. The number of halogens is 1. The van der Waals surface area contributed by atoms with Crippen LogP contribution in [0.3, 0.4) is 0 Å². The van der Waals surface area contributed by atoms with Crippen LogP contribution in [-0.4, -0.2) is 4.92 Å². The van der Waals surface area contributed by atoms with Gasteiger partial charge in [0.1, 0.15) is 0 Å². The average Bonchev–Trinajstić information content (AvgIpc) is 2.53. The van der Waals surface area contributed by atoms with Crippen LogP contribution in [-0.2, 0) is 0 Å². The summed E-state index contributed by atoms with van der Waals surface area (Å²) in [5, 5.41) is 15.1. The lowest BCUT2D eigenvalue weighted by Crippen LogP contribution is -2.24. The molecule has 4 nitrogen and oxygen atoms in total. The maximum atomic E-state index is 10.9. The molecule has 0 saturated heterocycles. The van der Waals surface area contributed by atoms with E-state index in [1.807, 2.05) is 37.3 Å². The summed E-state index contributed by atoms with van der Waals surface area (Å²) in [6.07, 6.45) is 0.918. The molecule has 2 unspecified atom stereocenters. The molecule has 0 radical (unpaired) electrons. The fourth-order valence-electron chi connectivity index (χ4n) is 2.45. The summed E-state index contributed by atoms with van der Waals surface area (Å²) in [5.74, 6) is 0. The Morgan fingerprint density at radius 3 is 2.45 bits per heavy atom. The maximum absolute atomic E-state index is 10.9. The lowest BCUT2D eigenvalue weighted by Gasteiger charge is -2.23. The summed E-state index contributed by atoms with van der Waals surface area (Å²) < 4.78 is 0. The first kappa shape index (κ1) is 16.5. The first-order valence-corrected chi connectivity index (χ1v) is 7.65. The molecule has 0 saturated carbocycles. The van der Waals surface area contributed by atoms with Crippen LogP contribution in [0, 0.1) is 10.1 Å². The molecule has 0 aliphatic rings. The second-order valence-corrected chi connectivity index (χ2v) is 5.69. The molecule has 1 N–H and O–H groups in total. The van der Waals surface area contributed by atoms with Crippen molar-refractivity contribution in [2.24, 2.45) is 0 Å². The SMILES string of the molecule is CCC(NC(C)c1cccc([N+](=O)[O-])c1)c1ccc(Cl)cc1. The molecule has 0 fully saturated rings. The van der Waals surface area contributed by atoms with Crippen LogP contribution in [0.4, 0.5) is 5.69 Å². The van der Waals surface area contributed by atoms with Gasteiger partial charge in [0.05, 0.1) is 4.92 Å². The molecule has 22 heavy (non-hydrogen) atoms. The van der Waals surface area contributed by atoms with Gasteiger partial charge < -0.3 is 5.32 Å². The third-order valence-electron chi connectivity index (χ3n) is 3.71. The Balaban J connectivity index is 2.15. The van der Waals surface area contributed by atoms with E-state index >= 15 is 0 Å². The molecule has 2 atom stereocenters. The molecule has 2 aromatic carbocycles.